The zero-order chi connectivity index (χ0) is 12.9. The predicted octanol–water partition coefficient (Wildman–Crippen LogP) is 2.86. The number of methoxy groups -OCH3 is 1. The maximum absolute atomic E-state index is 6.17. The van der Waals surface area contributed by atoms with Crippen molar-refractivity contribution in [1.29, 1.82) is 0 Å². The summed E-state index contributed by atoms with van der Waals surface area (Å²) in [6.07, 6.45) is 4.40. The second-order valence-electron chi connectivity index (χ2n) is 5.52. The quantitative estimate of drug-likeness (QED) is 0.872. The number of ether oxygens (including phenoxy) is 1. The van der Waals surface area contributed by atoms with Crippen LogP contribution in [0.15, 0.2) is 18.3 Å². The van der Waals surface area contributed by atoms with Crippen LogP contribution in [0.2, 0.25) is 0 Å². The molecule has 0 radical (unpaired) electrons. The van der Waals surface area contributed by atoms with E-state index in [1.165, 1.54) is 29.4 Å². The Balaban J connectivity index is 2.22. The predicted molar refractivity (Wildman–Crippen MR) is 74.1 cm³/mol. The van der Waals surface area contributed by atoms with Gasteiger partial charge in [-0.05, 0) is 49.9 Å². The fraction of sp³-hybridized carbons (Fsp3) is 0.467. The molecule has 3 rings (SSSR count). The smallest absolute Gasteiger partial charge is 0.143 e. The van der Waals surface area contributed by atoms with E-state index < -0.39 is 0 Å². The van der Waals surface area contributed by atoms with Crippen LogP contribution in [0.5, 0.6) is 5.75 Å². The van der Waals surface area contributed by atoms with Crippen molar-refractivity contribution in [3.63, 3.8) is 0 Å². The molecule has 1 aliphatic rings. The van der Waals surface area contributed by atoms with Crippen molar-refractivity contribution in [2.45, 2.75) is 38.1 Å². The van der Waals surface area contributed by atoms with Crippen molar-refractivity contribution in [3.05, 3.63) is 29.5 Å². The van der Waals surface area contributed by atoms with Crippen LogP contribution in [0, 0.1) is 6.92 Å². The van der Waals surface area contributed by atoms with Crippen molar-refractivity contribution in [3.8, 4) is 5.75 Å². The van der Waals surface area contributed by atoms with Crippen LogP contribution in [0.25, 0.3) is 10.9 Å². The summed E-state index contributed by atoms with van der Waals surface area (Å²) >= 11 is 0. The maximum atomic E-state index is 6.17. The van der Waals surface area contributed by atoms with Crippen molar-refractivity contribution in [2.24, 2.45) is 5.73 Å². The summed E-state index contributed by atoms with van der Waals surface area (Å²) in [6, 6.07) is 4.62. The van der Waals surface area contributed by atoms with E-state index in [0.29, 0.717) is 0 Å². The summed E-state index contributed by atoms with van der Waals surface area (Å²) in [7, 11) is 1.72. The molecule has 0 spiro atoms. The molecule has 1 aromatic carbocycles. The number of aromatic nitrogens is 1. The number of hydrogen-bond donors (Lipinski definition) is 2. The SMILES string of the molecule is COc1cc(C2(C(C)N)CC2)cc2c(C)c[nH]c12. The molecule has 1 unspecified atom stereocenters. The molecule has 1 atom stereocenters. The van der Waals surface area contributed by atoms with Crippen LogP contribution < -0.4 is 10.5 Å². The van der Waals surface area contributed by atoms with Gasteiger partial charge in [0.2, 0.25) is 0 Å². The summed E-state index contributed by atoms with van der Waals surface area (Å²) in [5.74, 6) is 0.919. The fourth-order valence-corrected chi connectivity index (χ4v) is 2.92. The Kier molecular flexibility index (Phi) is 2.42. The molecule has 1 fully saturated rings. The second-order valence-corrected chi connectivity index (χ2v) is 5.52. The molecular weight excluding hydrogens is 224 g/mol. The molecule has 2 aromatic rings. The number of fused-ring (bicyclic) bond motifs is 1. The molecule has 1 heterocycles. The third-order valence-electron chi connectivity index (χ3n) is 4.42. The van der Waals surface area contributed by atoms with E-state index in [2.05, 4.69) is 31.0 Å². The lowest BCUT2D eigenvalue weighted by molar-refractivity contribution is 0.417. The minimum absolute atomic E-state index is 0.172. The molecule has 3 heteroatoms. The Hall–Kier alpha value is -1.48. The summed E-state index contributed by atoms with van der Waals surface area (Å²) in [4.78, 5) is 3.28. The van der Waals surface area contributed by atoms with Gasteiger partial charge in [-0.15, -0.1) is 0 Å². The van der Waals surface area contributed by atoms with Gasteiger partial charge in [0.25, 0.3) is 0 Å². The summed E-state index contributed by atoms with van der Waals surface area (Å²) in [5, 5.41) is 1.25. The van der Waals surface area contributed by atoms with Crippen molar-refractivity contribution in [1.82, 2.24) is 4.98 Å². The van der Waals surface area contributed by atoms with Crippen LogP contribution in [0.1, 0.15) is 30.9 Å². The minimum atomic E-state index is 0.172. The zero-order valence-corrected chi connectivity index (χ0v) is 11.2. The molecule has 0 bridgehead atoms. The first-order valence-electron chi connectivity index (χ1n) is 6.50. The van der Waals surface area contributed by atoms with E-state index in [9.17, 15) is 0 Å². The largest absolute Gasteiger partial charge is 0.495 e. The lowest BCUT2D eigenvalue weighted by Gasteiger charge is -2.21. The molecule has 96 valence electrons. The standard InChI is InChI=1S/C15H20N2O/c1-9-8-17-14-12(9)6-11(7-13(14)18-3)15(4-5-15)10(2)16/h6-8,10,17H,4-5,16H2,1-3H3. The zero-order valence-electron chi connectivity index (χ0n) is 11.2. The monoisotopic (exact) mass is 244 g/mol. The van der Waals surface area contributed by atoms with Gasteiger partial charge in [-0.1, -0.05) is 0 Å². The molecule has 1 saturated carbocycles. The van der Waals surface area contributed by atoms with Crippen LogP contribution in [-0.4, -0.2) is 18.1 Å². The summed E-state index contributed by atoms with van der Waals surface area (Å²) in [5.41, 5.74) is 10.00. The number of rotatable bonds is 3. The summed E-state index contributed by atoms with van der Waals surface area (Å²) < 4.78 is 5.51. The first kappa shape index (κ1) is 11.6. The molecule has 1 aliphatic carbocycles. The van der Waals surface area contributed by atoms with Gasteiger partial charge in [-0.3, -0.25) is 0 Å². The molecule has 1 aromatic heterocycles. The van der Waals surface area contributed by atoms with E-state index in [1.807, 2.05) is 6.20 Å². The van der Waals surface area contributed by atoms with Crippen molar-refractivity contribution < 1.29 is 4.74 Å². The number of aromatic amines is 1. The van der Waals surface area contributed by atoms with E-state index in [4.69, 9.17) is 10.5 Å². The second kappa shape index (κ2) is 3.75. The summed E-state index contributed by atoms with van der Waals surface area (Å²) in [6.45, 7) is 4.22. The lowest BCUT2D eigenvalue weighted by Crippen LogP contribution is -2.31. The molecular formula is C15H20N2O. The fourth-order valence-electron chi connectivity index (χ4n) is 2.92. The van der Waals surface area contributed by atoms with Gasteiger partial charge in [0.15, 0.2) is 0 Å². The number of aryl methyl sites for hydroxylation is 1. The van der Waals surface area contributed by atoms with E-state index >= 15 is 0 Å². The first-order chi connectivity index (χ1) is 8.58. The first-order valence-corrected chi connectivity index (χ1v) is 6.50. The van der Waals surface area contributed by atoms with Gasteiger partial charge in [0.1, 0.15) is 5.75 Å². The van der Waals surface area contributed by atoms with Gasteiger partial charge in [-0.25, -0.2) is 0 Å². The average molecular weight is 244 g/mol. The van der Waals surface area contributed by atoms with Gasteiger partial charge in [-0.2, -0.15) is 0 Å². The molecule has 0 amide bonds. The third kappa shape index (κ3) is 1.47. The van der Waals surface area contributed by atoms with Gasteiger partial charge < -0.3 is 15.5 Å². The Morgan fingerprint density at radius 3 is 2.67 bits per heavy atom. The third-order valence-corrected chi connectivity index (χ3v) is 4.42. The topological polar surface area (TPSA) is 51.0 Å². The Morgan fingerprint density at radius 2 is 2.11 bits per heavy atom. The lowest BCUT2D eigenvalue weighted by atomic mass is 9.88. The molecule has 3 N–H and O–H groups in total. The Morgan fingerprint density at radius 1 is 1.39 bits per heavy atom. The molecule has 18 heavy (non-hydrogen) atoms. The molecule has 0 saturated heterocycles. The highest BCUT2D eigenvalue weighted by Crippen LogP contribution is 2.51. The van der Waals surface area contributed by atoms with Crippen molar-refractivity contribution in [2.75, 3.05) is 7.11 Å². The van der Waals surface area contributed by atoms with Crippen LogP contribution >= 0.6 is 0 Å². The van der Waals surface area contributed by atoms with Crippen LogP contribution in [0.4, 0.5) is 0 Å². The Bertz CT molecular complexity index is 594. The molecule has 3 nitrogen and oxygen atoms in total. The number of hydrogen-bond acceptors (Lipinski definition) is 2. The van der Waals surface area contributed by atoms with E-state index in [0.717, 1.165) is 11.3 Å². The minimum Gasteiger partial charge on any atom is -0.495 e. The van der Waals surface area contributed by atoms with Crippen LogP contribution in [0.3, 0.4) is 0 Å². The number of benzene rings is 1. The highest BCUT2D eigenvalue weighted by molar-refractivity contribution is 5.89. The normalized spacial score (nSPS) is 18.9. The maximum Gasteiger partial charge on any atom is 0.143 e. The average Bonchev–Trinajstić information content (AvgIpc) is 3.09. The van der Waals surface area contributed by atoms with E-state index in [-0.39, 0.29) is 11.5 Å². The van der Waals surface area contributed by atoms with Crippen LogP contribution in [-0.2, 0) is 5.41 Å². The number of nitrogens with two attached hydrogens (primary N) is 1. The number of nitrogens with one attached hydrogen (secondary N) is 1. The van der Waals surface area contributed by atoms with E-state index in [1.54, 1.807) is 7.11 Å². The molecule has 0 aliphatic heterocycles. The highest BCUT2D eigenvalue weighted by Gasteiger charge is 2.47. The number of H-pyrrole nitrogens is 1. The Labute approximate surface area is 107 Å². The highest BCUT2D eigenvalue weighted by atomic mass is 16.5. The van der Waals surface area contributed by atoms with Gasteiger partial charge in [0, 0.05) is 23.0 Å². The van der Waals surface area contributed by atoms with Crippen molar-refractivity contribution >= 4 is 10.9 Å². The van der Waals surface area contributed by atoms with Gasteiger partial charge in [0.05, 0.1) is 12.6 Å². The van der Waals surface area contributed by atoms with Gasteiger partial charge >= 0.3 is 0 Å².